The van der Waals surface area contributed by atoms with Crippen molar-refractivity contribution in [1.82, 2.24) is 0 Å². The number of carbonyl (C=O) groups is 1. The minimum atomic E-state index is 0.121. The van der Waals surface area contributed by atoms with E-state index in [1.807, 2.05) is 24.3 Å². The van der Waals surface area contributed by atoms with Crippen molar-refractivity contribution in [3.8, 4) is 5.75 Å². The molecule has 0 aliphatic rings. The first-order valence-electron chi connectivity index (χ1n) is 12.8. The highest BCUT2D eigenvalue weighted by molar-refractivity contribution is 5.90. The summed E-state index contributed by atoms with van der Waals surface area (Å²) < 4.78 is 5.78. The van der Waals surface area contributed by atoms with Crippen LogP contribution in [0, 0.1) is 0 Å². The third-order valence-electron chi connectivity index (χ3n) is 5.66. The Morgan fingerprint density at radius 2 is 1.13 bits per heavy atom. The highest BCUT2D eigenvalue weighted by atomic mass is 16.5. The number of unbranched alkanes of at least 4 members (excludes halogenated alkanes) is 14. The summed E-state index contributed by atoms with van der Waals surface area (Å²) in [6.45, 7) is 5.27. The molecule has 3 heteroatoms. The van der Waals surface area contributed by atoms with Crippen molar-refractivity contribution in [2.24, 2.45) is 0 Å². The number of hydrogen-bond donors (Lipinski definition) is 1. The second-order valence-electron chi connectivity index (χ2n) is 8.62. The first-order valence-corrected chi connectivity index (χ1v) is 12.8. The van der Waals surface area contributed by atoms with Crippen LogP contribution in [0.15, 0.2) is 24.3 Å². The molecule has 0 atom stereocenters. The van der Waals surface area contributed by atoms with Crippen molar-refractivity contribution in [3.63, 3.8) is 0 Å². The number of anilines is 1. The fourth-order valence-electron chi connectivity index (χ4n) is 3.70. The molecule has 0 radical (unpaired) electrons. The van der Waals surface area contributed by atoms with Gasteiger partial charge in [0.1, 0.15) is 5.75 Å². The molecule has 1 aromatic carbocycles. The van der Waals surface area contributed by atoms with Gasteiger partial charge in [0.05, 0.1) is 6.61 Å². The number of rotatable bonds is 20. The Morgan fingerprint density at radius 1 is 0.667 bits per heavy atom. The molecule has 172 valence electrons. The van der Waals surface area contributed by atoms with Crippen LogP contribution in [0.5, 0.6) is 5.75 Å². The summed E-state index contributed by atoms with van der Waals surface area (Å²) in [4.78, 5) is 12.1. The third kappa shape index (κ3) is 15.3. The van der Waals surface area contributed by atoms with Crippen molar-refractivity contribution in [2.45, 2.75) is 123 Å². The van der Waals surface area contributed by atoms with Crippen molar-refractivity contribution < 1.29 is 9.53 Å². The first kappa shape index (κ1) is 26.5. The van der Waals surface area contributed by atoms with E-state index in [0.29, 0.717) is 6.42 Å². The third-order valence-corrected chi connectivity index (χ3v) is 5.66. The van der Waals surface area contributed by atoms with Crippen LogP contribution < -0.4 is 10.1 Å². The minimum absolute atomic E-state index is 0.121. The van der Waals surface area contributed by atoms with E-state index in [1.165, 1.54) is 83.5 Å². The summed E-state index contributed by atoms with van der Waals surface area (Å²) in [5.41, 5.74) is 0.860. The van der Waals surface area contributed by atoms with Gasteiger partial charge in [-0.2, -0.15) is 0 Å². The lowest BCUT2D eigenvalue weighted by atomic mass is 10.1. The van der Waals surface area contributed by atoms with Crippen LogP contribution in [0.25, 0.3) is 0 Å². The largest absolute Gasteiger partial charge is 0.494 e. The Morgan fingerprint density at radius 3 is 1.67 bits per heavy atom. The predicted octanol–water partition coefficient (Wildman–Crippen LogP) is 8.68. The SMILES string of the molecule is CCCCCCCCCCCCCC(=O)Nc1ccc(OCCCCCCC)cc1. The summed E-state index contributed by atoms with van der Waals surface area (Å²) in [6.07, 6.45) is 21.2. The monoisotopic (exact) mass is 417 g/mol. The standard InChI is InChI=1S/C27H47NO2/c1-3-5-7-9-10-11-12-13-14-15-17-19-27(29)28-25-20-22-26(23-21-25)30-24-18-16-8-6-4-2/h20-23H,3-19,24H2,1-2H3,(H,28,29). The van der Waals surface area contributed by atoms with Crippen molar-refractivity contribution in [2.75, 3.05) is 11.9 Å². The minimum Gasteiger partial charge on any atom is -0.494 e. The number of amides is 1. The van der Waals surface area contributed by atoms with Gasteiger partial charge in [0.15, 0.2) is 0 Å². The van der Waals surface area contributed by atoms with E-state index in [0.717, 1.165) is 37.3 Å². The quantitative estimate of drug-likeness (QED) is 0.215. The van der Waals surface area contributed by atoms with Crippen LogP contribution in [-0.2, 0) is 4.79 Å². The lowest BCUT2D eigenvalue weighted by molar-refractivity contribution is -0.116. The summed E-state index contributed by atoms with van der Waals surface area (Å²) in [7, 11) is 0. The molecule has 1 N–H and O–H groups in total. The fourth-order valence-corrected chi connectivity index (χ4v) is 3.70. The molecule has 30 heavy (non-hydrogen) atoms. The van der Waals surface area contributed by atoms with Gasteiger partial charge in [-0.3, -0.25) is 4.79 Å². The van der Waals surface area contributed by atoms with E-state index in [-0.39, 0.29) is 5.91 Å². The molecule has 0 bridgehead atoms. The number of ether oxygens (including phenoxy) is 1. The Hall–Kier alpha value is -1.51. The molecule has 0 saturated heterocycles. The second kappa shape index (κ2) is 19.5. The molecule has 0 spiro atoms. The van der Waals surface area contributed by atoms with E-state index in [1.54, 1.807) is 0 Å². The van der Waals surface area contributed by atoms with Gasteiger partial charge in [-0.15, -0.1) is 0 Å². The molecule has 0 heterocycles. The smallest absolute Gasteiger partial charge is 0.224 e. The van der Waals surface area contributed by atoms with Crippen molar-refractivity contribution in [1.29, 1.82) is 0 Å². The molecule has 0 unspecified atom stereocenters. The Balaban J connectivity index is 2.00. The zero-order valence-corrected chi connectivity index (χ0v) is 19.9. The molecule has 0 saturated carbocycles. The predicted molar refractivity (Wildman–Crippen MR) is 130 cm³/mol. The topological polar surface area (TPSA) is 38.3 Å². The van der Waals surface area contributed by atoms with Crippen LogP contribution in [0.2, 0.25) is 0 Å². The van der Waals surface area contributed by atoms with E-state index < -0.39 is 0 Å². The van der Waals surface area contributed by atoms with Gasteiger partial charge in [0.2, 0.25) is 5.91 Å². The second-order valence-corrected chi connectivity index (χ2v) is 8.62. The van der Waals surface area contributed by atoms with E-state index >= 15 is 0 Å². The fraction of sp³-hybridized carbons (Fsp3) is 0.741. The number of carbonyl (C=O) groups excluding carboxylic acids is 1. The number of benzene rings is 1. The van der Waals surface area contributed by atoms with Gasteiger partial charge in [-0.05, 0) is 37.1 Å². The molecule has 0 aromatic heterocycles. The lowest BCUT2D eigenvalue weighted by Gasteiger charge is -2.08. The molecule has 0 aliphatic heterocycles. The Kier molecular flexibility index (Phi) is 17.2. The highest BCUT2D eigenvalue weighted by Crippen LogP contribution is 2.17. The van der Waals surface area contributed by atoms with E-state index in [9.17, 15) is 4.79 Å². The molecule has 0 fully saturated rings. The van der Waals surface area contributed by atoms with Gasteiger partial charge in [0.25, 0.3) is 0 Å². The van der Waals surface area contributed by atoms with Crippen LogP contribution in [0.1, 0.15) is 123 Å². The summed E-state index contributed by atoms with van der Waals surface area (Å²) in [5, 5.41) is 3.00. The highest BCUT2D eigenvalue weighted by Gasteiger charge is 2.03. The van der Waals surface area contributed by atoms with E-state index in [2.05, 4.69) is 19.2 Å². The lowest BCUT2D eigenvalue weighted by Crippen LogP contribution is -2.11. The zero-order chi connectivity index (χ0) is 21.7. The zero-order valence-electron chi connectivity index (χ0n) is 19.9. The van der Waals surface area contributed by atoms with Gasteiger partial charge >= 0.3 is 0 Å². The molecule has 3 nitrogen and oxygen atoms in total. The van der Waals surface area contributed by atoms with Gasteiger partial charge in [-0.25, -0.2) is 0 Å². The molecule has 0 aliphatic carbocycles. The van der Waals surface area contributed by atoms with E-state index in [4.69, 9.17) is 4.74 Å². The van der Waals surface area contributed by atoms with Crippen molar-refractivity contribution >= 4 is 11.6 Å². The summed E-state index contributed by atoms with van der Waals surface area (Å²) in [6, 6.07) is 7.77. The van der Waals surface area contributed by atoms with Crippen LogP contribution in [0.4, 0.5) is 5.69 Å². The molecule has 1 aromatic rings. The van der Waals surface area contributed by atoms with Gasteiger partial charge in [0, 0.05) is 12.1 Å². The van der Waals surface area contributed by atoms with Gasteiger partial charge in [-0.1, -0.05) is 104 Å². The molecule has 1 amide bonds. The molecule has 1 rings (SSSR count). The number of nitrogens with one attached hydrogen (secondary N) is 1. The number of hydrogen-bond acceptors (Lipinski definition) is 2. The molecular formula is C27H47NO2. The molecular weight excluding hydrogens is 370 g/mol. The van der Waals surface area contributed by atoms with Crippen molar-refractivity contribution in [3.05, 3.63) is 24.3 Å². The first-order chi connectivity index (χ1) is 14.8. The average Bonchev–Trinajstić information content (AvgIpc) is 2.75. The van der Waals surface area contributed by atoms with Crippen LogP contribution in [0.3, 0.4) is 0 Å². The maximum absolute atomic E-state index is 12.1. The maximum atomic E-state index is 12.1. The maximum Gasteiger partial charge on any atom is 0.224 e. The Labute approximate surface area is 186 Å². The van der Waals surface area contributed by atoms with Crippen LogP contribution >= 0.6 is 0 Å². The van der Waals surface area contributed by atoms with Crippen LogP contribution in [-0.4, -0.2) is 12.5 Å². The van der Waals surface area contributed by atoms with Gasteiger partial charge < -0.3 is 10.1 Å². The average molecular weight is 418 g/mol. The normalized spacial score (nSPS) is 10.9. The summed E-state index contributed by atoms with van der Waals surface area (Å²) >= 11 is 0. The Bertz CT molecular complexity index is 512. The summed E-state index contributed by atoms with van der Waals surface area (Å²) in [5.74, 6) is 1.00.